The molecule has 0 saturated carbocycles. The molecule has 162 valence electrons. The topological polar surface area (TPSA) is 79.8 Å². The van der Waals surface area contributed by atoms with Crippen LogP contribution in [0.15, 0.2) is 79.1 Å². The molecule has 0 N–H and O–H groups in total. The van der Waals surface area contributed by atoms with Crippen molar-refractivity contribution in [1.82, 2.24) is 9.88 Å². The average Bonchev–Trinajstić information content (AvgIpc) is 3.11. The van der Waals surface area contributed by atoms with Gasteiger partial charge in [-0.3, -0.25) is 19.4 Å². The summed E-state index contributed by atoms with van der Waals surface area (Å²) in [6, 6.07) is 18.8. The Kier molecular flexibility index (Phi) is 6.26. The molecule has 1 aliphatic heterocycles. The molecule has 0 radical (unpaired) electrons. The predicted molar refractivity (Wildman–Crippen MR) is 119 cm³/mol. The molecular weight excluding hydrogens is 406 g/mol. The smallest absolute Gasteiger partial charge is 0.261 e. The van der Waals surface area contributed by atoms with E-state index in [-0.39, 0.29) is 31.4 Å². The Morgan fingerprint density at radius 3 is 2.50 bits per heavy atom. The van der Waals surface area contributed by atoms with Gasteiger partial charge >= 0.3 is 0 Å². The lowest BCUT2D eigenvalue weighted by Gasteiger charge is -2.27. The van der Waals surface area contributed by atoms with Gasteiger partial charge in [0, 0.05) is 18.9 Å². The van der Waals surface area contributed by atoms with Crippen LogP contribution in [0.2, 0.25) is 0 Å². The molecule has 1 unspecified atom stereocenters. The highest BCUT2D eigenvalue weighted by Gasteiger charge is 2.44. The fraction of sp³-hybridized carbons (Fsp3) is 0.200. The molecule has 0 bridgehead atoms. The summed E-state index contributed by atoms with van der Waals surface area (Å²) in [7, 11) is 0. The normalized spacial score (nSPS) is 15.7. The molecule has 4 rings (SSSR count). The minimum absolute atomic E-state index is 0.0793. The number of nitrogens with zero attached hydrogens (tertiary/aromatic N) is 3. The van der Waals surface area contributed by atoms with Gasteiger partial charge in [0.15, 0.2) is 6.61 Å². The minimum Gasteiger partial charge on any atom is -0.484 e. The van der Waals surface area contributed by atoms with Crippen LogP contribution in [-0.4, -0.2) is 40.3 Å². The molecule has 1 atom stereocenters. The van der Waals surface area contributed by atoms with Crippen molar-refractivity contribution in [1.29, 1.82) is 0 Å². The van der Waals surface area contributed by atoms with Gasteiger partial charge < -0.3 is 9.64 Å². The Balaban J connectivity index is 1.57. The number of hydrogen-bond donors (Lipinski definition) is 0. The van der Waals surface area contributed by atoms with E-state index in [4.69, 9.17) is 4.74 Å². The van der Waals surface area contributed by atoms with Crippen LogP contribution in [0, 0.1) is 6.92 Å². The number of aryl methyl sites for hydroxylation is 1. The van der Waals surface area contributed by atoms with Gasteiger partial charge in [-0.2, -0.15) is 0 Å². The number of rotatable bonds is 7. The number of hydrogen-bond acceptors (Lipinski definition) is 5. The fourth-order valence-electron chi connectivity index (χ4n) is 3.63. The van der Waals surface area contributed by atoms with E-state index in [1.54, 1.807) is 42.7 Å². The molecule has 0 spiro atoms. The molecule has 2 heterocycles. The van der Waals surface area contributed by atoms with Crippen LogP contribution in [0.25, 0.3) is 0 Å². The third-order valence-corrected chi connectivity index (χ3v) is 5.29. The summed E-state index contributed by atoms with van der Waals surface area (Å²) in [6.45, 7) is 1.84. The summed E-state index contributed by atoms with van der Waals surface area (Å²) in [6.07, 6.45) is 3.19. The lowest BCUT2D eigenvalue weighted by Crippen LogP contribution is -2.46. The third-order valence-electron chi connectivity index (χ3n) is 5.29. The quantitative estimate of drug-likeness (QED) is 0.539. The minimum atomic E-state index is -0.907. The number of pyridine rings is 1. The molecule has 2 aromatic carbocycles. The maximum absolute atomic E-state index is 13.3. The predicted octanol–water partition coefficient (Wildman–Crippen LogP) is 3.13. The van der Waals surface area contributed by atoms with E-state index < -0.39 is 11.9 Å². The van der Waals surface area contributed by atoms with Gasteiger partial charge in [0.2, 0.25) is 5.91 Å². The number of carbonyl (C=O) groups is 3. The van der Waals surface area contributed by atoms with Gasteiger partial charge in [-0.1, -0.05) is 42.0 Å². The largest absolute Gasteiger partial charge is 0.484 e. The van der Waals surface area contributed by atoms with E-state index in [1.165, 1.54) is 4.90 Å². The number of anilines is 1. The molecule has 0 aliphatic carbocycles. The van der Waals surface area contributed by atoms with Crippen molar-refractivity contribution in [3.05, 3.63) is 90.3 Å². The summed E-state index contributed by atoms with van der Waals surface area (Å²) < 4.78 is 5.62. The number of carbonyl (C=O) groups excluding carboxylic acids is 3. The molecule has 32 heavy (non-hydrogen) atoms. The fourth-order valence-corrected chi connectivity index (χ4v) is 3.63. The zero-order valence-corrected chi connectivity index (χ0v) is 17.7. The van der Waals surface area contributed by atoms with E-state index in [9.17, 15) is 14.4 Å². The summed E-state index contributed by atoms with van der Waals surface area (Å²) >= 11 is 0. The van der Waals surface area contributed by atoms with Gasteiger partial charge in [0.05, 0.1) is 12.1 Å². The second kappa shape index (κ2) is 9.43. The van der Waals surface area contributed by atoms with Gasteiger partial charge in [0.25, 0.3) is 11.8 Å². The number of amides is 3. The zero-order valence-electron chi connectivity index (χ0n) is 17.7. The Hall–Kier alpha value is -4.00. The Bertz CT molecular complexity index is 1100. The van der Waals surface area contributed by atoms with Crippen molar-refractivity contribution in [3.63, 3.8) is 0 Å². The van der Waals surface area contributed by atoms with E-state index in [1.807, 2.05) is 43.3 Å². The summed E-state index contributed by atoms with van der Waals surface area (Å²) in [5, 5.41) is 0. The van der Waals surface area contributed by atoms with Crippen LogP contribution in [0.4, 0.5) is 5.69 Å². The van der Waals surface area contributed by atoms with Gasteiger partial charge in [-0.15, -0.1) is 0 Å². The first-order chi connectivity index (χ1) is 15.5. The van der Waals surface area contributed by atoms with Crippen LogP contribution < -0.4 is 9.64 Å². The Morgan fingerprint density at radius 2 is 1.81 bits per heavy atom. The maximum Gasteiger partial charge on any atom is 0.261 e. The van der Waals surface area contributed by atoms with Crippen molar-refractivity contribution < 1.29 is 19.1 Å². The SMILES string of the molecule is Cc1ccc(N2C(=O)CC(N(Cc3cccnc3)C(=O)COc3ccccc3)C2=O)cc1. The lowest BCUT2D eigenvalue weighted by atomic mass is 10.1. The number of para-hydroxylation sites is 1. The average molecular weight is 429 g/mol. The molecule has 7 nitrogen and oxygen atoms in total. The van der Waals surface area contributed by atoms with Crippen molar-refractivity contribution in [2.45, 2.75) is 25.9 Å². The Labute approximate surface area is 186 Å². The first-order valence-corrected chi connectivity index (χ1v) is 10.3. The van der Waals surface area contributed by atoms with Crippen LogP contribution >= 0.6 is 0 Å². The highest BCUT2D eigenvalue weighted by Crippen LogP contribution is 2.27. The maximum atomic E-state index is 13.3. The highest BCUT2D eigenvalue weighted by molar-refractivity contribution is 6.23. The van der Waals surface area contributed by atoms with E-state index in [0.29, 0.717) is 11.4 Å². The van der Waals surface area contributed by atoms with Gasteiger partial charge in [-0.05, 0) is 42.8 Å². The molecule has 1 aliphatic rings. The monoisotopic (exact) mass is 429 g/mol. The zero-order chi connectivity index (χ0) is 22.5. The van der Waals surface area contributed by atoms with Crippen LogP contribution in [0.3, 0.4) is 0 Å². The van der Waals surface area contributed by atoms with Crippen molar-refractivity contribution >= 4 is 23.4 Å². The lowest BCUT2D eigenvalue weighted by molar-refractivity contribution is -0.140. The number of imide groups is 1. The molecule has 1 fully saturated rings. The van der Waals surface area contributed by atoms with E-state index in [2.05, 4.69) is 4.98 Å². The Morgan fingerprint density at radius 1 is 1.06 bits per heavy atom. The van der Waals surface area contributed by atoms with Crippen molar-refractivity contribution in [2.75, 3.05) is 11.5 Å². The number of benzene rings is 2. The third kappa shape index (κ3) is 4.67. The van der Waals surface area contributed by atoms with E-state index >= 15 is 0 Å². The molecule has 3 amide bonds. The first-order valence-electron chi connectivity index (χ1n) is 10.3. The standard InChI is InChI=1S/C25H23N3O4/c1-18-9-11-20(12-10-18)28-23(29)14-22(25(28)31)27(16-19-6-5-13-26-15-19)24(30)17-32-21-7-3-2-4-8-21/h2-13,15,22H,14,16-17H2,1H3. The summed E-state index contributed by atoms with van der Waals surface area (Å²) in [5.74, 6) is -0.584. The molecule has 1 saturated heterocycles. The van der Waals surface area contributed by atoms with Gasteiger partial charge in [-0.25, -0.2) is 4.90 Å². The number of ether oxygens (including phenoxy) is 1. The molecule has 3 aromatic rings. The van der Waals surface area contributed by atoms with Crippen LogP contribution in [0.1, 0.15) is 17.5 Å². The second-order valence-corrected chi connectivity index (χ2v) is 7.61. The highest BCUT2D eigenvalue weighted by atomic mass is 16.5. The van der Waals surface area contributed by atoms with Crippen LogP contribution in [0.5, 0.6) is 5.75 Å². The van der Waals surface area contributed by atoms with Crippen molar-refractivity contribution in [2.24, 2.45) is 0 Å². The first kappa shape index (κ1) is 21.2. The number of aromatic nitrogens is 1. The second-order valence-electron chi connectivity index (χ2n) is 7.61. The molecule has 1 aromatic heterocycles. The summed E-state index contributed by atoms with van der Waals surface area (Å²) in [5.41, 5.74) is 2.29. The molecule has 7 heteroatoms. The van der Waals surface area contributed by atoms with Crippen LogP contribution in [-0.2, 0) is 20.9 Å². The van der Waals surface area contributed by atoms with E-state index in [0.717, 1.165) is 16.0 Å². The van der Waals surface area contributed by atoms with Crippen molar-refractivity contribution in [3.8, 4) is 5.75 Å². The van der Waals surface area contributed by atoms with Gasteiger partial charge in [0.1, 0.15) is 11.8 Å². The summed E-state index contributed by atoms with van der Waals surface area (Å²) in [4.78, 5) is 45.8. The molecular formula is C25H23N3O4.